The minimum atomic E-state index is -0.0647. The number of hydrogen-bond donors (Lipinski definition) is 1. The normalized spacial score (nSPS) is 16.2. The Morgan fingerprint density at radius 3 is 2.70 bits per heavy atom. The Balaban J connectivity index is 1.51. The number of carbonyl (C=O) groups is 1. The molecule has 2 aromatic heterocycles. The number of aryl methyl sites for hydroxylation is 3. The van der Waals surface area contributed by atoms with Crippen LogP contribution in [-0.4, -0.2) is 39.1 Å². The number of nitrogens with one attached hydrogen (secondary N) is 1. The van der Waals surface area contributed by atoms with Gasteiger partial charge in [-0.15, -0.1) is 10.2 Å². The van der Waals surface area contributed by atoms with E-state index in [1.807, 2.05) is 49.6 Å². The van der Waals surface area contributed by atoms with Crippen LogP contribution in [0.5, 0.6) is 0 Å². The van der Waals surface area contributed by atoms with Crippen molar-refractivity contribution >= 4 is 23.4 Å². The van der Waals surface area contributed by atoms with Crippen molar-refractivity contribution in [2.24, 2.45) is 0 Å². The minimum Gasteiger partial charge on any atom is -0.469 e. The Morgan fingerprint density at radius 1 is 1.23 bits per heavy atom. The third-order valence-corrected chi connectivity index (χ3v) is 6.27. The number of hydrogen-bond acceptors (Lipinski definition) is 6. The number of amides is 1. The van der Waals surface area contributed by atoms with E-state index in [-0.39, 0.29) is 17.8 Å². The van der Waals surface area contributed by atoms with Crippen LogP contribution < -0.4 is 5.32 Å². The summed E-state index contributed by atoms with van der Waals surface area (Å²) in [7, 11) is 0. The van der Waals surface area contributed by atoms with E-state index in [9.17, 15) is 4.79 Å². The molecule has 0 radical (unpaired) electrons. The third-order valence-electron chi connectivity index (χ3n) is 5.30. The highest BCUT2D eigenvalue weighted by atomic mass is 32.2. The summed E-state index contributed by atoms with van der Waals surface area (Å²) < 4.78 is 13.3. The van der Waals surface area contributed by atoms with Crippen LogP contribution in [-0.2, 0) is 16.1 Å². The van der Waals surface area contributed by atoms with Crippen molar-refractivity contribution in [3.05, 3.63) is 47.4 Å². The lowest BCUT2D eigenvalue weighted by Gasteiger charge is -2.15. The van der Waals surface area contributed by atoms with E-state index in [2.05, 4.69) is 15.5 Å². The van der Waals surface area contributed by atoms with Crippen LogP contribution in [0.15, 0.2) is 40.1 Å². The molecule has 0 unspecified atom stereocenters. The van der Waals surface area contributed by atoms with E-state index in [1.54, 1.807) is 6.26 Å². The van der Waals surface area contributed by atoms with Gasteiger partial charge in [0, 0.05) is 12.3 Å². The van der Waals surface area contributed by atoms with E-state index in [1.165, 1.54) is 11.8 Å². The molecule has 1 aliphatic rings. The van der Waals surface area contributed by atoms with Gasteiger partial charge in [0.1, 0.15) is 5.76 Å². The van der Waals surface area contributed by atoms with Crippen molar-refractivity contribution in [2.75, 3.05) is 17.7 Å². The number of thioether (sulfide) groups is 1. The predicted octanol–water partition coefficient (Wildman–Crippen LogP) is 4.37. The lowest BCUT2D eigenvalue weighted by molar-refractivity contribution is -0.113. The van der Waals surface area contributed by atoms with Crippen LogP contribution in [0.2, 0.25) is 0 Å². The molecule has 158 valence electrons. The second-order valence-corrected chi connectivity index (χ2v) is 8.49. The van der Waals surface area contributed by atoms with E-state index in [0.29, 0.717) is 11.7 Å². The number of furan rings is 1. The first kappa shape index (κ1) is 20.7. The number of benzene rings is 1. The van der Waals surface area contributed by atoms with Crippen LogP contribution in [0.4, 0.5) is 5.69 Å². The van der Waals surface area contributed by atoms with Gasteiger partial charge >= 0.3 is 0 Å². The number of ether oxygens (including phenoxy) is 1. The predicted molar refractivity (Wildman–Crippen MR) is 117 cm³/mol. The summed E-state index contributed by atoms with van der Waals surface area (Å²) in [6.45, 7) is 7.34. The maximum atomic E-state index is 12.6. The van der Waals surface area contributed by atoms with Gasteiger partial charge in [-0.2, -0.15) is 0 Å². The largest absolute Gasteiger partial charge is 0.469 e. The molecule has 0 aliphatic carbocycles. The zero-order valence-electron chi connectivity index (χ0n) is 17.5. The fraction of sp³-hybridized carbons (Fsp3) is 0.409. The van der Waals surface area contributed by atoms with Crippen LogP contribution in [0, 0.1) is 20.8 Å². The van der Waals surface area contributed by atoms with E-state index in [4.69, 9.17) is 9.15 Å². The zero-order chi connectivity index (χ0) is 21.1. The third kappa shape index (κ3) is 4.44. The summed E-state index contributed by atoms with van der Waals surface area (Å²) in [6.07, 6.45) is 3.86. The topological polar surface area (TPSA) is 82.2 Å². The van der Waals surface area contributed by atoms with Crippen LogP contribution >= 0.6 is 11.8 Å². The molecule has 1 atom stereocenters. The van der Waals surface area contributed by atoms with Gasteiger partial charge in [-0.25, -0.2) is 0 Å². The molecule has 30 heavy (non-hydrogen) atoms. The summed E-state index contributed by atoms with van der Waals surface area (Å²) >= 11 is 1.38. The highest BCUT2D eigenvalue weighted by molar-refractivity contribution is 7.99. The van der Waals surface area contributed by atoms with Crippen LogP contribution in [0.1, 0.15) is 29.7 Å². The summed E-state index contributed by atoms with van der Waals surface area (Å²) in [5.41, 5.74) is 3.88. The molecule has 1 fully saturated rings. The van der Waals surface area contributed by atoms with E-state index >= 15 is 0 Å². The molecular weight excluding hydrogens is 400 g/mol. The summed E-state index contributed by atoms with van der Waals surface area (Å²) in [4.78, 5) is 12.6. The molecule has 0 spiro atoms. The molecule has 1 aliphatic heterocycles. The maximum absolute atomic E-state index is 12.6. The van der Waals surface area contributed by atoms with Crippen LogP contribution in [0.25, 0.3) is 11.4 Å². The molecule has 7 nitrogen and oxygen atoms in total. The summed E-state index contributed by atoms with van der Waals surface area (Å²) in [5, 5.41) is 12.5. The lowest BCUT2D eigenvalue weighted by Crippen LogP contribution is -2.18. The standard InChI is InChI=1S/C22H26N4O3S/c1-14-6-4-7-15(2)20(14)23-19(27)13-30-22-25-24-21(18-9-11-28-16(18)3)26(22)12-17-8-5-10-29-17/h4,6-7,9,11,17H,5,8,10,12-13H2,1-3H3,(H,23,27)/t17-/m1/s1. The smallest absolute Gasteiger partial charge is 0.234 e. The van der Waals surface area contributed by atoms with Crippen molar-refractivity contribution in [1.82, 2.24) is 14.8 Å². The molecule has 3 aromatic rings. The minimum absolute atomic E-state index is 0.0647. The van der Waals surface area contributed by atoms with Gasteiger partial charge in [0.05, 0.1) is 30.2 Å². The van der Waals surface area contributed by atoms with Gasteiger partial charge in [0.25, 0.3) is 0 Å². The Labute approximate surface area is 180 Å². The fourth-order valence-corrected chi connectivity index (χ4v) is 4.43. The van der Waals surface area contributed by atoms with Crippen molar-refractivity contribution in [3.63, 3.8) is 0 Å². The quantitative estimate of drug-likeness (QED) is 0.565. The highest BCUT2D eigenvalue weighted by Crippen LogP contribution is 2.29. The Morgan fingerprint density at radius 2 is 2.03 bits per heavy atom. The van der Waals surface area contributed by atoms with E-state index in [0.717, 1.165) is 53.4 Å². The number of rotatable bonds is 7. The molecule has 4 rings (SSSR count). The van der Waals surface area contributed by atoms with Gasteiger partial charge in [0.2, 0.25) is 5.91 Å². The fourth-order valence-electron chi connectivity index (χ4n) is 3.69. The molecule has 1 aromatic carbocycles. The molecule has 3 heterocycles. The van der Waals surface area contributed by atoms with E-state index < -0.39 is 0 Å². The summed E-state index contributed by atoms with van der Waals surface area (Å²) in [5.74, 6) is 1.72. The van der Waals surface area contributed by atoms with Crippen molar-refractivity contribution < 1.29 is 13.9 Å². The van der Waals surface area contributed by atoms with Gasteiger partial charge in [-0.1, -0.05) is 30.0 Å². The Kier molecular flexibility index (Phi) is 6.24. The second kappa shape index (κ2) is 9.06. The average molecular weight is 427 g/mol. The zero-order valence-corrected chi connectivity index (χ0v) is 18.3. The van der Waals surface area contributed by atoms with Crippen molar-refractivity contribution in [2.45, 2.75) is 51.4 Å². The first-order chi connectivity index (χ1) is 14.5. The number of nitrogens with zero attached hydrogens (tertiary/aromatic N) is 3. The monoisotopic (exact) mass is 426 g/mol. The average Bonchev–Trinajstić information content (AvgIpc) is 3.46. The van der Waals surface area contributed by atoms with Gasteiger partial charge < -0.3 is 14.5 Å². The Hall–Kier alpha value is -2.58. The first-order valence-corrected chi connectivity index (χ1v) is 11.1. The molecule has 0 saturated carbocycles. The number of para-hydroxylation sites is 1. The Bertz CT molecular complexity index is 1020. The second-order valence-electron chi connectivity index (χ2n) is 7.55. The van der Waals surface area contributed by atoms with Gasteiger partial charge in [-0.3, -0.25) is 9.36 Å². The molecule has 1 N–H and O–H groups in total. The number of anilines is 1. The first-order valence-electron chi connectivity index (χ1n) is 10.1. The molecule has 8 heteroatoms. The molecule has 1 saturated heterocycles. The van der Waals surface area contributed by atoms with Crippen molar-refractivity contribution in [3.8, 4) is 11.4 Å². The maximum Gasteiger partial charge on any atom is 0.234 e. The summed E-state index contributed by atoms with van der Waals surface area (Å²) in [6, 6.07) is 7.87. The SMILES string of the molecule is Cc1cccc(C)c1NC(=O)CSc1nnc(-c2ccoc2C)n1C[C@H]1CCCO1. The molecule has 0 bridgehead atoms. The number of carbonyl (C=O) groups excluding carboxylic acids is 1. The van der Waals surface area contributed by atoms with Gasteiger partial charge in [-0.05, 0) is 50.8 Å². The molecular formula is C22H26N4O3S. The highest BCUT2D eigenvalue weighted by Gasteiger charge is 2.23. The lowest BCUT2D eigenvalue weighted by atomic mass is 10.1. The van der Waals surface area contributed by atoms with Crippen LogP contribution in [0.3, 0.4) is 0 Å². The molecule has 1 amide bonds. The number of aromatic nitrogens is 3. The van der Waals surface area contributed by atoms with Crippen molar-refractivity contribution in [1.29, 1.82) is 0 Å². The van der Waals surface area contributed by atoms with Gasteiger partial charge in [0.15, 0.2) is 11.0 Å².